The molecule has 0 bridgehead atoms. The predicted molar refractivity (Wildman–Crippen MR) is 156 cm³/mol. The van der Waals surface area contributed by atoms with E-state index in [0.717, 1.165) is 11.1 Å². The molecular formula is C31H23BrFN3O4S. The molecule has 1 atom stereocenters. The summed E-state index contributed by atoms with van der Waals surface area (Å²) in [6.07, 6.45) is 1.75. The number of allylic oxidation sites excluding steroid dienone is 1. The molecule has 0 spiro atoms. The number of benzene rings is 3. The van der Waals surface area contributed by atoms with Crippen molar-refractivity contribution < 1.29 is 18.7 Å². The van der Waals surface area contributed by atoms with E-state index in [0.29, 0.717) is 43.0 Å². The summed E-state index contributed by atoms with van der Waals surface area (Å²) >= 11 is 4.76. The standard InChI is InChI=1S/C31H23BrFN3O4S/c1-3-39-30(38)27-18(2)35-31-36(28(27)22-9-11-23(33)12-10-22)29(37)26(41-31)15-21-8-13-25(24(32)14-21)40-17-20-6-4-19(16-34)5-7-20/h4-15,28H,3,17H2,1-2H3/b26-15-/t28-/m1/s1. The van der Waals surface area contributed by atoms with Crippen molar-refractivity contribution in [2.45, 2.75) is 26.5 Å². The van der Waals surface area contributed by atoms with Crippen LogP contribution in [0.1, 0.15) is 42.1 Å². The van der Waals surface area contributed by atoms with Gasteiger partial charge in [-0.1, -0.05) is 41.7 Å². The van der Waals surface area contributed by atoms with Crippen LogP contribution in [0.25, 0.3) is 6.08 Å². The zero-order valence-corrected chi connectivity index (χ0v) is 24.5. The van der Waals surface area contributed by atoms with E-state index in [1.807, 2.05) is 24.3 Å². The fourth-order valence-electron chi connectivity index (χ4n) is 4.46. The number of nitrogens with zero attached hydrogens (tertiary/aromatic N) is 3. The fourth-order valence-corrected chi connectivity index (χ4v) is 6.02. The number of hydrogen-bond donors (Lipinski definition) is 0. The Bertz CT molecular complexity index is 1890. The quantitative estimate of drug-likeness (QED) is 0.263. The van der Waals surface area contributed by atoms with E-state index in [2.05, 4.69) is 27.0 Å². The Morgan fingerprint density at radius 3 is 2.56 bits per heavy atom. The summed E-state index contributed by atoms with van der Waals surface area (Å²) in [4.78, 5) is 31.7. The van der Waals surface area contributed by atoms with Gasteiger partial charge in [-0.2, -0.15) is 5.26 Å². The number of rotatable bonds is 7. The molecule has 0 saturated carbocycles. The lowest BCUT2D eigenvalue weighted by Gasteiger charge is -2.24. The molecule has 0 unspecified atom stereocenters. The molecule has 4 aromatic rings. The van der Waals surface area contributed by atoms with Crippen LogP contribution >= 0.6 is 27.3 Å². The third-order valence-electron chi connectivity index (χ3n) is 6.43. The average molecular weight is 633 g/mol. The summed E-state index contributed by atoms with van der Waals surface area (Å²) in [5.74, 6) is -0.369. The highest BCUT2D eigenvalue weighted by Gasteiger charge is 2.33. The first kappa shape index (κ1) is 28.2. The minimum absolute atomic E-state index is 0.165. The zero-order valence-electron chi connectivity index (χ0n) is 22.1. The number of carbonyl (C=O) groups is 1. The molecule has 10 heteroatoms. The van der Waals surface area contributed by atoms with Crippen LogP contribution in [0.3, 0.4) is 0 Å². The number of ether oxygens (including phenoxy) is 2. The maximum atomic E-state index is 13.7. The number of hydrogen-bond acceptors (Lipinski definition) is 7. The van der Waals surface area contributed by atoms with Crippen LogP contribution in [-0.2, 0) is 16.1 Å². The highest BCUT2D eigenvalue weighted by atomic mass is 79.9. The molecule has 0 amide bonds. The van der Waals surface area contributed by atoms with Crippen molar-refractivity contribution in [2.24, 2.45) is 4.99 Å². The number of aromatic nitrogens is 1. The number of thiazole rings is 1. The van der Waals surface area contributed by atoms with Crippen LogP contribution < -0.4 is 19.6 Å². The fraction of sp³-hybridized carbons (Fsp3) is 0.161. The molecule has 0 N–H and O–H groups in total. The van der Waals surface area contributed by atoms with Crippen molar-refractivity contribution in [1.82, 2.24) is 4.57 Å². The van der Waals surface area contributed by atoms with Crippen molar-refractivity contribution in [3.05, 3.63) is 130 Å². The van der Waals surface area contributed by atoms with Gasteiger partial charge in [-0.05, 0) is 88.9 Å². The van der Waals surface area contributed by atoms with Gasteiger partial charge in [0.25, 0.3) is 5.56 Å². The van der Waals surface area contributed by atoms with Gasteiger partial charge in [0.2, 0.25) is 0 Å². The molecule has 7 nitrogen and oxygen atoms in total. The summed E-state index contributed by atoms with van der Waals surface area (Å²) in [5.41, 5.74) is 3.20. The van der Waals surface area contributed by atoms with Crippen molar-refractivity contribution in [3.8, 4) is 11.8 Å². The van der Waals surface area contributed by atoms with Gasteiger partial charge in [0, 0.05) is 0 Å². The molecule has 0 saturated heterocycles. The molecule has 0 fully saturated rings. The van der Waals surface area contributed by atoms with Gasteiger partial charge in [0.1, 0.15) is 18.2 Å². The minimum atomic E-state index is -0.808. The van der Waals surface area contributed by atoms with E-state index in [9.17, 15) is 14.0 Å². The number of esters is 1. The van der Waals surface area contributed by atoms with Crippen LogP contribution in [0, 0.1) is 17.1 Å². The lowest BCUT2D eigenvalue weighted by atomic mass is 9.96. The highest BCUT2D eigenvalue weighted by Crippen LogP contribution is 2.31. The second-order valence-electron chi connectivity index (χ2n) is 9.14. The Labute approximate surface area is 247 Å². The summed E-state index contributed by atoms with van der Waals surface area (Å²) in [6.45, 7) is 3.90. The smallest absolute Gasteiger partial charge is 0.338 e. The summed E-state index contributed by atoms with van der Waals surface area (Å²) in [5, 5.41) is 8.96. The van der Waals surface area contributed by atoms with Crippen molar-refractivity contribution in [3.63, 3.8) is 0 Å². The van der Waals surface area contributed by atoms with E-state index in [-0.39, 0.29) is 17.7 Å². The molecular weight excluding hydrogens is 609 g/mol. The number of fused-ring (bicyclic) bond motifs is 1. The van der Waals surface area contributed by atoms with Crippen molar-refractivity contribution in [2.75, 3.05) is 6.61 Å². The van der Waals surface area contributed by atoms with E-state index in [1.54, 1.807) is 50.3 Å². The van der Waals surface area contributed by atoms with Crippen LogP contribution in [0.4, 0.5) is 4.39 Å². The highest BCUT2D eigenvalue weighted by molar-refractivity contribution is 9.10. The van der Waals surface area contributed by atoms with Gasteiger partial charge in [0.15, 0.2) is 4.80 Å². The molecule has 1 aliphatic rings. The van der Waals surface area contributed by atoms with Gasteiger partial charge in [-0.15, -0.1) is 0 Å². The largest absolute Gasteiger partial charge is 0.488 e. The third kappa shape index (κ3) is 5.92. The Morgan fingerprint density at radius 2 is 1.90 bits per heavy atom. The van der Waals surface area contributed by atoms with E-state index < -0.39 is 17.8 Å². The van der Waals surface area contributed by atoms with Gasteiger partial charge in [0.05, 0.1) is 44.6 Å². The van der Waals surface area contributed by atoms with Gasteiger partial charge in [-0.25, -0.2) is 14.2 Å². The molecule has 1 aliphatic heterocycles. The summed E-state index contributed by atoms with van der Waals surface area (Å²) in [6, 6.07) is 19.7. The van der Waals surface area contributed by atoms with Crippen LogP contribution in [0.15, 0.2) is 92.3 Å². The number of nitriles is 1. The molecule has 0 aliphatic carbocycles. The lowest BCUT2D eigenvalue weighted by molar-refractivity contribution is -0.139. The third-order valence-corrected chi connectivity index (χ3v) is 8.04. The van der Waals surface area contributed by atoms with Gasteiger partial charge < -0.3 is 9.47 Å². The first-order valence-electron chi connectivity index (χ1n) is 12.7. The van der Waals surface area contributed by atoms with Gasteiger partial charge >= 0.3 is 5.97 Å². The van der Waals surface area contributed by atoms with Crippen LogP contribution in [0.5, 0.6) is 5.75 Å². The monoisotopic (exact) mass is 631 g/mol. The maximum absolute atomic E-state index is 13.7. The maximum Gasteiger partial charge on any atom is 0.338 e. The molecule has 5 rings (SSSR count). The van der Waals surface area contributed by atoms with E-state index in [1.165, 1.54) is 28.0 Å². The molecule has 2 heterocycles. The zero-order chi connectivity index (χ0) is 29.1. The predicted octanol–water partition coefficient (Wildman–Crippen LogP) is 5.15. The van der Waals surface area contributed by atoms with Crippen LogP contribution in [-0.4, -0.2) is 17.1 Å². The Kier molecular flexibility index (Phi) is 8.28. The van der Waals surface area contributed by atoms with Crippen LogP contribution in [0.2, 0.25) is 0 Å². The molecule has 0 radical (unpaired) electrons. The molecule has 1 aromatic heterocycles. The summed E-state index contributed by atoms with van der Waals surface area (Å²) in [7, 11) is 0. The minimum Gasteiger partial charge on any atom is -0.488 e. The molecule has 206 valence electrons. The SMILES string of the molecule is CCOC(=O)C1=C(C)N=c2s/c(=C\c3ccc(OCc4ccc(C#N)cc4)c(Br)c3)c(=O)n2[C@@H]1c1ccc(F)cc1. The van der Waals surface area contributed by atoms with Gasteiger partial charge in [-0.3, -0.25) is 9.36 Å². The topological polar surface area (TPSA) is 93.7 Å². The normalized spacial score (nSPS) is 14.7. The second-order valence-corrected chi connectivity index (χ2v) is 11.0. The first-order valence-corrected chi connectivity index (χ1v) is 14.3. The first-order chi connectivity index (χ1) is 19.8. The number of carbonyl (C=O) groups excluding carboxylic acids is 1. The molecule has 41 heavy (non-hydrogen) atoms. The average Bonchev–Trinajstić information content (AvgIpc) is 3.26. The van der Waals surface area contributed by atoms with Crippen molar-refractivity contribution in [1.29, 1.82) is 5.26 Å². The Hall–Kier alpha value is -4.33. The lowest BCUT2D eigenvalue weighted by Crippen LogP contribution is -2.39. The van der Waals surface area contributed by atoms with E-state index in [4.69, 9.17) is 14.7 Å². The van der Waals surface area contributed by atoms with E-state index >= 15 is 0 Å². The molecule has 3 aromatic carbocycles. The summed E-state index contributed by atoms with van der Waals surface area (Å²) < 4.78 is 27.5. The number of halogens is 2. The second kappa shape index (κ2) is 12.0. The Morgan fingerprint density at radius 1 is 1.17 bits per heavy atom. The Balaban J connectivity index is 1.49. The van der Waals surface area contributed by atoms with Crippen molar-refractivity contribution >= 4 is 39.3 Å².